The number of hydrogen-bond acceptors (Lipinski definition) is 4. The van der Waals surface area contributed by atoms with Crippen LogP contribution in [0.4, 0.5) is 0 Å². The normalized spacial score (nSPS) is 24.9. The lowest BCUT2D eigenvalue weighted by Crippen LogP contribution is -2.43. The molecule has 1 unspecified atom stereocenters. The predicted octanol–water partition coefficient (Wildman–Crippen LogP) is 4.00. The molecule has 2 aliphatic heterocycles. The second-order valence-corrected chi connectivity index (χ2v) is 9.39. The van der Waals surface area contributed by atoms with Crippen LogP contribution >= 0.6 is 11.3 Å². The smallest absolute Gasteiger partial charge is 0.261 e. The Morgan fingerprint density at radius 2 is 2.00 bits per heavy atom. The lowest BCUT2D eigenvalue weighted by atomic mass is 10.0. The maximum atomic E-state index is 12.5. The first-order valence-corrected chi connectivity index (χ1v) is 11.4. The van der Waals surface area contributed by atoms with Crippen molar-refractivity contribution >= 4 is 17.2 Å². The third kappa shape index (κ3) is 4.00. The SMILES string of the molecule is CCC1CCCCN1CCNC(=O)c1cc2c(s1)CN(C1CCCC1)C2. The van der Waals surface area contributed by atoms with Gasteiger partial charge in [-0.3, -0.25) is 14.6 Å². The lowest BCUT2D eigenvalue weighted by Gasteiger charge is -2.35. The number of nitrogens with one attached hydrogen (secondary N) is 1. The van der Waals surface area contributed by atoms with Crippen LogP contribution in [0.5, 0.6) is 0 Å². The van der Waals surface area contributed by atoms with E-state index in [4.69, 9.17) is 0 Å². The van der Waals surface area contributed by atoms with E-state index < -0.39 is 0 Å². The highest BCUT2D eigenvalue weighted by Gasteiger charge is 2.30. The number of amides is 1. The van der Waals surface area contributed by atoms with Gasteiger partial charge in [-0.25, -0.2) is 0 Å². The maximum absolute atomic E-state index is 12.5. The van der Waals surface area contributed by atoms with Crippen molar-refractivity contribution in [2.24, 2.45) is 0 Å². The number of carbonyl (C=O) groups is 1. The van der Waals surface area contributed by atoms with Gasteiger partial charge in [0.1, 0.15) is 0 Å². The molecule has 2 fully saturated rings. The van der Waals surface area contributed by atoms with Gasteiger partial charge in [-0.2, -0.15) is 0 Å². The molecule has 1 aliphatic carbocycles. The summed E-state index contributed by atoms with van der Waals surface area (Å²) in [5.41, 5.74) is 1.40. The van der Waals surface area contributed by atoms with Gasteiger partial charge in [-0.15, -0.1) is 11.3 Å². The van der Waals surface area contributed by atoms with Crippen LogP contribution in [0.25, 0.3) is 0 Å². The van der Waals surface area contributed by atoms with E-state index in [1.807, 2.05) is 0 Å². The van der Waals surface area contributed by atoms with Crippen molar-refractivity contribution in [2.75, 3.05) is 19.6 Å². The van der Waals surface area contributed by atoms with E-state index in [9.17, 15) is 4.79 Å². The van der Waals surface area contributed by atoms with Gasteiger partial charge in [0, 0.05) is 43.1 Å². The van der Waals surface area contributed by atoms with Crippen LogP contribution in [0.1, 0.15) is 78.4 Å². The molecular weight excluding hydrogens is 342 g/mol. The standard InChI is InChI=1S/C21H33N3OS/c1-2-17-7-5-6-11-23(17)12-10-22-21(25)19-13-16-14-24(15-20(16)26-19)18-8-3-4-9-18/h13,17-18H,2-12,14-15H2,1H3,(H,22,25). The van der Waals surface area contributed by atoms with Gasteiger partial charge in [0.2, 0.25) is 0 Å². The van der Waals surface area contributed by atoms with Crippen molar-refractivity contribution in [1.29, 1.82) is 0 Å². The minimum atomic E-state index is 0.127. The summed E-state index contributed by atoms with van der Waals surface area (Å²) in [7, 11) is 0. The fourth-order valence-corrected chi connectivity index (χ4v) is 6.17. The molecule has 1 amide bonds. The first kappa shape index (κ1) is 18.5. The van der Waals surface area contributed by atoms with E-state index in [0.717, 1.165) is 37.1 Å². The first-order valence-electron chi connectivity index (χ1n) is 10.6. The average molecular weight is 376 g/mol. The van der Waals surface area contributed by atoms with Crippen LogP contribution in [0, 0.1) is 0 Å². The summed E-state index contributed by atoms with van der Waals surface area (Å²) in [4.78, 5) is 20.1. The summed E-state index contributed by atoms with van der Waals surface area (Å²) in [6.07, 6.45) is 10.7. The fourth-order valence-electron chi connectivity index (χ4n) is 5.05. The van der Waals surface area contributed by atoms with Crippen molar-refractivity contribution < 1.29 is 4.79 Å². The minimum Gasteiger partial charge on any atom is -0.350 e. The Morgan fingerprint density at radius 1 is 1.19 bits per heavy atom. The highest BCUT2D eigenvalue weighted by molar-refractivity contribution is 7.14. The topological polar surface area (TPSA) is 35.6 Å². The zero-order chi connectivity index (χ0) is 17.9. The highest BCUT2D eigenvalue weighted by Crippen LogP contribution is 2.35. The molecule has 1 aromatic heterocycles. The van der Waals surface area contributed by atoms with Crippen molar-refractivity contribution in [2.45, 2.75) is 83.5 Å². The van der Waals surface area contributed by atoms with E-state index in [0.29, 0.717) is 6.04 Å². The molecule has 3 aliphatic rings. The van der Waals surface area contributed by atoms with E-state index in [2.05, 4.69) is 28.1 Å². The highest BCUT2D eigenvalue weighted by atomic mass is 32.1. The Morgan fingerprint density at radius 3 is 2.77 bits per heavy atom. The Bertz CT molecular complexity index is 599. The van der Waals surface area contributed by atoms with E-state index >= 15 is 0 Å². The van der Waals surface area contributed by atoms with E-state index in [1.54, 1.807) is 11.3 Å². The number of piperidine rings is 1. The van der Waals surface area contributed by atoms with E-state index in [-0.39, 0.29) is 5.91 Å². The van der Waals surface area contributed by atoms with Crippen LogP contribution in [0.3, 0.4) is 0 Å². The van der Waals surface area contributed by atoms with Crippen LogP contribution in [-0.4, -0.2) is 47.4 Å². The Kier molecular flexibility index (Phi) is 5.97. The summed E-state index contributed by atoms with van der Waals surface area (Å²) in [6.45, 7) is 7.35. The predicted molar refractivity (Wildman–Crippen MR) is 108 cm³/mol. The third-order valence-electron chi connectivity index (χ3n) is 6.59. The summed E-state index contributed by atoms with van der Waals surface area (Å²) >= 11 is 1.72. The second-order valence-electron chi connectivity index (χ2n) is 8.25. The molecule has 0 aromatic carbocycles. The van der Waals surface area contributed by atoms with Gasteiger partial charge in [0.15, 0.2) is 0 Å². The average Bonchev–Trinajstić information content (AvgIpc) is 3.37. The van der Waals surface area contributed by atoms with Crippen molar-refractivity contribution in [3.8, 4) is 0 Å². The quantitative estimate of drug-likeness (QED) is 0.816. The molecule has 26 heavy (non-hydrogen) atoms. The number of nitrogens with zero attached hydrogens (tertiary/aromatic N) is 2. The number of likely N-dealkylation sites (tertiary alicyclic amines) is 1. The van der Waals surface area contributed by atoms with Gasteiger partial charge in [0.25, 0.3) is 5.91 Å². The molecule has 1 saturated carbocycles. The second kappa shape index (κ2) is 8.41. The zero-order valence-corrected chi connectivity index (χ0v) is 17.0. The van der Waals surface area contributed by atoms with E-state index in [1.165, 1.54) is 68.4 Å². The molecule has 144 valence electrons. The summed E-state index contributed by atoms with van der Waals surface area (Å²) in [5.74, 6) is 0.127. The van der Waals surface area contributed by atoms with Crippen molar-refractivity contribution in [1.82, 2.24) is 15.1 Å². The largest absolute Gasteiger partial charge is 0.350 e. The molecule has 1 aromatic rings. The van der Waals surface area contributed by atoms with Gasteiger partial charge in [-0.05, 0) is 50.3 Å². The van der Waals surface area contributed by atoms with Gasteiger partial charge in [-0.1, -0.05) is 26.2 Å². The summed E-state index contributed by atoms with van der Waals surface area (Å²) < 4.78 is 0. The molecule has 3 heterocycles. The molecule has 0 radical (unpaired) electrons. The zero-order valence-electron chi connectivity index (χ0n) is 16.1. The molecule has 1 saturated heterocycles. The summed E-state index contributed by atoms with van der Waals surface area (Å²) in [5, 5.41) is 3.16. The van der Waals surface area contributed by atoms with Crippen molar-refractivity contribution in [3.63, 3.8) is 0 Å². The third-order valence-corrected chi connectivity index (χ3v) is 7.75. The van der Waals surface area contributed by atoms with Crippen LogP contribution < -0.4 is 5.32 Å². The van der Waals surface area contributed by atoms with Gasteiger partial charge >= 0.3 is 0 Å². The van der Waals surface area contributed by atoms with Crippen LogP contribution in [0.15, 0.2) is 6.07 Å². The van der Waals surface area contributed by atoms with Gasteiger partial charge < -0.3 is 5.32 Å². The first-order chi connectivity index (χ1) is 12.7. The Hall–Kier alpha value is -0.910. The Labute approximate surface area is 161 Å². The van der Waals surface area contributed by atoms with Crippen molar-refractivity contribution in [3.05, 3.63) is 21.4 Å². The van der Waals surface area contributed by atoms with Crippen LogP contribution in [0.2, 0.25) is 0 Å². The molecule has 5 heteroatoms. The Balaban J connectivity index is 1.25. The molecule has 0 bridgehead atoms. The fraction of sp³-hybridized carbons (Fsp3) is 0.762. The molecular formula is C21H33N3OS. The molecule has 4 nitrogen and oxygen atoms in total. The number of rotatable bonds is 6. The monoisotopic (exact) mass is 375 g/mol. The summed E-state index contributed by atoms with van der Waals surface area (Å²) in [6, 6.07) is 3.65. The van der Waals surface area contributed by atoms with Gasteiger partial charge in [0.05, 0.1) is 4.88 Å². The molecule has 1 atom stereocenters. The molecule has 1 N–H and O–H groups in total. The minimum absolute atomic E-state index is 0.127. The maximum Gasteiger partial charge on any atom is 0.261 e. The number of hydrogen-bond donors (Lipinski definition) is 1. The molecule has 0 spiro atoms. The van der Waals surface area contributed by atoms with Crippen LogP contribution in [-0.2, 0) is 13.1 Å². The number of thiophene rings is 1. The molecule has 4 rings (SSSR count). The lowest BCUT2D eigenvalue weighted by molar-refractivity contribution is 0.0938. The number of carbonyl (C=O) groups excluding carboxylic acids is 1. The number of fused-ring (bicyclic) bond motifs is 1.